The van der Waals surface area contributed by atoms with Gasteiger partial charge in [-0.3, -0.25) is 4.79 Å². The maximum Gasteiger partial charge on any atom is 0.355 e. The maximum absolute atomic E-state index is 12.4. The molecule has 0 spiro atoms. The van der Waals surface area contributed by atoms with E-state index in [0.29, 0.717) is 36.3 Å². The van der Waals surface area contributed by atoms with Crippen molar-refractivity contribution in [1.29, 1.82) is 0 Å². The third-order valence-electron chi connectivity index (χ3n) is 4.76. The molecule has 0 radical (unpaired) electrons. The Balaban J connectivity index is 1.65. The van der Waals surface area contributed by atoms with Crippen molar-refractivity contribution in [3.8, 4) is 0 Å². The number of carbonyl (C=O) groups excluding carboxylic acids is 3. The molecule has 0 saturated heterocycles. The average molecular weight is 390 g/mol. The molecule has 0 unspecified atom stereocenters. The van der Waals surface area contributed by atoms with Gasteiger partial charge in [-0.1, -0.05) is 6.92 Å². The molecule has 2 aromatic rings. The van der Waals surface area contributed by atoms with E-state index in [1.165, 1.54) is 12.0 Å². The normalized spacial score (nSPS) is 13.2. The fraction of sp³-hybridized carbons (Fsp3) is 0.421. The van der Waals surface area contributed by atoms with Crippen molar-refractivity contribution in [3.05, 3.63) is 44.4 Å². The molecule has 2 aromatic heterocycles. The zero-order chi connectivity index (χ0) is 19.6. The zero-order valence-corrected chi connectivity index (χ0v) is 16.4. The predicted molar refractivity (Wildman–Crippen MR) is 100.0 cm³/mol. The maximum atomic E-state index is 12.4. The smallest absolute Gasteiger partial charge is 0.355 e. The number of aromatic amines is 1. The minimum Gasteiger partial charge on any atom is -0.465 e. The molecular formula is C19H22N2O5S. The van der Waals surface area contributed by atoms with Gasteiger partial charge in [0.1, 0.15) is 5.69 Å². The number of aromatic nitrogens is 1. The number of hydrogen-bond donors (Lipinski definition) is 1. The van der Waals surface area contributed by atoms with Gasteiger partial charge in [-0.2, -0.15) is 0 Å². The lowest BCUT2D eigenvalue weighted by atomic mass is 10.1. The van der Waals surface area contributed by atoms with Crippen molar-refractivity contribution >= 4 is 29.2 Å². The Morgan fingerprint density at radius 3 is 2.78 bits per heavy atom. The van der Waals surface area contributed by atoms with Crippen molar-refractivity contribution in [3.63, 3.8) is 0 Å². The molecule has 144 valence electrons. The molecule has 0 saturated carbocycles. The van der Waals surface area contributed by atoms with Gasteiger partial charge in [0, 0.05) is 23.7 Å². The molecule has 3 rings (SSSR count). The molecule has 1 aliphatic heterocycles. The first-order valence-electron chi connectivity index (χ1n) is 8.76. The Bertz CT molecular complexity index is 883. The molecule has 0 bridgehead atoms. The molecule has 27 heavy (non-hydrogen) atoms. The Morgan fingerprint density at radius 1 is 1.30 bits per heavy atom. The van der Waals surface area contributed by atoms with Gasteiger partial charge in [0.05, 0.1) is 12.7 Å². The second-order valence-corrected chi connectivity index (χ2v) is 7.33. The van der Waals surface area contributed by atoms with E-state index in [0.717, 1.165) is 12.0 Å². The summed E-state index contributed by atoms with van der Waals surface area (Å²) in [5.41, 5.74) is 2.76. The molecule has 0 aliphatic carbocycles. The highest BCUT2D eigenvalue weighted by atomic mass is 32.1. The number of nitrogens with one attached hydrogen (secondary N) is 1. The van der Waals surface area contributed by atoms with Crippen LogP contribution in [0.25, 0.3) is 0 Å². The molecule has 3 heterocycles. The molecule has 0 atom stereocenters. The van der Waals surface area contributed by atoms with Crippen LogP contribution in [0.4, 0.5) is 0 Å². The van der Waals surface area contributed by atoms with Gasteiger partial charge >= 0.3 is 11.9 Å². The first-order valence-corrected chi connectivity index (χ1v) is 9.64. The summed E-state index contributed by atoms with van der Waals surface area (Å²) < 4.78 is 9.99. The number of H-pyrrole nitrogens is 1. The highest BCUT2D eigenvalue weighted by molar-refractivity contribution is 7.10. The highest BCUT2D eigenvalue weighted by Gasteiger charge is 2.26. The number of hydrogen-bond acceptors (Lipinski definition) is 6. The fourth-order valence-electron chi connectivity index (χ4n) is 3.26. The van der Waals surface area contributed by atoms with Gasteiger partial charge in [-0.15, -0.1) is 11.3 Å². The summed E-state index contributed by atoms with van der Waals surface area (Å²) in [6.45, 7) is 4.36. The summed E-state index contributed by atoms with van der Waals surface area (Å²) in [4.78, 5) is 42.7. The van der Waals surface area contributed by atoms with Crippen LogP contribution in [-0.4, -0.2) is 48.0 Å². The van der Waals surface area contributed by atoms with Crippen LogP contribution in [0, 0.1) is 6.92 Å². The summed E-state index contributed by atoms with van der Waals surface area (Å²) >= 11 is 1.70. The van der Waals surface area contributed by atoms with E-state index in [2.05, 4.69) is 4.98 Å². The zero-order valence-electron chi connectivity index (χ0n) is 15.6. The number of carbonyl (C=O) groups is 3. The van der Waals surface area contributed by atoms with Crippen molar-refractivity contribution in [1.82, 2.24) is 9.88 Å². The predicted octanol–water partition coefficient (Wildman–Crippen LogP) is 2.48. The minimum absolute atomic E-state index is 0.179. The summed E-state index contributed by atoms with van der Waals surface area (Å²) in [7, 11) is 1.29. The minimum atomic E-state index is -0.654. The number of thiophene rings is 1. The third-order valence-corrected chi connectivity index (χ3v) is 5.78. The van der Waals surface area contributed by atoms with E-state index in [1.54, 1.807) is 23.2 Å². The molecule has 8 heteroatoms. The van der Waals surface area contributed by atoms with Crippen LogP contribution in [0.1, 0.15) is 49.5 Å². The average Bonchev–Trinajstić information content (AvgIpc) is 3.28. The van der Waals surface area contributed by atoms with E-state index < -0.39 is 11.9 Å². The number of fused-ring (bicyclic) bond motifs is 1. The van der Waals surface area contributed by atoms with Gasteiger partial charge in [0.25, 0.3) is 5.91 Å². The van der Waals surface area contributed by atoms with Gasteiger partial charge in [0.15, 0.2) is 6.61 Å². The number of nitrogens with zero attached hydrogens (tertiary/aromatic N) is 1. The molecule has 7 nitrogen and oxygen atoms in total. The van der Waals surface area contributed by atoms with Crippen molar-refractivity contribution in [2.45, 2.75) is 33.2 Å². The van der Waals surface area contributed by atoms with E-state index in [4.69, 9.17) is 9.47 Å². The summed E-state index contributed by atoms with van der Waals surface area (Å²) in [6, 6.07) is 2.02. The number of methoxy groups -OCH3 is 1. The number of aryl methyl sites for hydroxylation is 1. The first kappa shape index (κ1) is 19.2. The fourth-order valence-corrected chi connectivity index (χ4v) is 4.15. The summed E-state index contributed by atoms with van der Waals surface area (Å²) in [5, 5.41) is 2.02. The molecule has 1 amide bonds. The highest BCUT2D eigenvalue weighted by Crippen LogP contribution is 2.24. The Morgan fingerprint density at radius 2 is 2.07 bits per heavy atom. The van der Waals surface area contributed by atoms with Gasteiger partial charge < -0.3 is 19.4 Å². The Labute approximate surface area is 161 Å². The van der Waals surface area contributed by atoms with E-state index in [-0.39, 0.29) is 18.2 Å². The van der Waals surface area contributed by atoms with Crippen LogP contribution in [0.15, 0.2) is 11.4 Å². The van der Waals surface area contributed by atoms with Crippen LogP contribution in [0.5, 0.6) is 0 Å². The van der Waals surface area contributed by atoms with Crippen molar-refractivity contribution in [2.75, 3.05) is 20.3 Å². The van der Waals surface area contributed by atoms with E-state index >= 15 is 0 Å². The van der Waals surface area contributed by atoms with Gasteiger partial charge in [-0.05, 0) is 42.3 Å². The lowest BCUT2D eigenvalue weighted by Gasteiger charge is -2.26. The summed E-state index contributed by atoms with van der Waals surface area (Å²) in [5.74, 6) is -1.39. The molecule has 1 aliphatic rings. The topological polar surface area (TPSA) is 88.7 Å². The van der Waals surface area contributed by atoms with E-state index in [9.17, 15) is 14.4 Å². The molecular weight excluding hydrogens is 368 g/mol. The second-order valence-electron chi connectivity index (χ2n) is 6.33. The quantitative estimate of drug-likeness (QED) is 0.793. The number of amides is 1. The number of ether oxygens (including phenoxy) is 2. The third kappa shape index (κ3) is 3.75. The van der Waals surface area contributed by atoms with E-state index in [1.807, 2.05) is 18.4 Å². The lowest BCUT2D eigenvalue weighted by molar-refractivity contribution is -0.135. The number of rotatable bonds is 5. The van der Waals surface area contributed by atoms with Crippen LogP contribution in [-0.2, 0) is 33.7 Å². The van der Waals surface area contributed by atoms with Crippen molar-refractivity contribution < 1.29 is 23.9 Å². The van der Waals surface area contributed by atoms with Crippen molar-refractivity contribution in [2.24, 2.45) is 0 Å². The van der Waals surface area contributed by atoms with Crippen LogP contribution in [0.2, 0.25) is 0 Å². The first-order chi connectivity index (χ1) is 13.0. The summed E-state index contributed by atoms with van der Waals surface area (Å²) in [6.07, 6.45) is 1.36. The van der Waals surface area contributed by atoms with Crippen LogP contribution >= 0.6 is 11.3 Å². The molecule has 1 N–H and O–H groups in total. The molecule has 0 aromatic carbocycles. The number of esters is 2. The lowest BCUT2D eigenvalue weighted by Crippen LogP contribution is -2.38. The Kier molecular flexibility index (Phi) is 5.65. The monoisotopic (exact) mass is 390 g/mol. The van der Waals surface area contributed by atoms with Gasteiger partial charge in [0.2, 0.25) is 0 Å². The SMILES string of the molecule is CCc1[nH]c(C(=O)OCC(=O)N2CCc3sccc3C2)c(C)c1C(=O)OC. The van der Waals surface area contributed by atoms with Crippen LogP contribution < -0.4 is 0 Å². The second kappa shape index (κ2) is 7.96. The standard InChI is InChI=1S/C19H22N2O5S/c1-4-13-16(18(23)25-3)11(2)17(20-13)19(24)26-10-15(22)21-7-5-14-12(9-21)6-8-27-14/h6,8,20H,4-5,7,9-10H2,1-3H3. The Hall–Kier alpha value is -2.61. The molecule has 0 fully saturated rings. The van der Waals surface area contributed by atoms with Gasteiger partial charge in [-0.25, -0.2) is 9.59 Å². The van der Waals surface area contributed by atoms with Crippen LogP contribution in [0.3, 0.4) is 0 Å². The largest absolute Gasteiger partial charge is 0.465 e.